The van der Waals surface area contributed by atoms with Gasteiger partial charge in [0.1, 0.15) is 5.92 Å². The molecule has 0 bridgehead atoms. The van der Waals surface area contributed by atoms with E-state index in [1.807, 2.05) is 35.1 Å². The lowest BCUT2D eigenvalue weighted by molar-refractivity contribution is -0.384. The maximum atomic E-state index is 13.1. The summed E-state index contributed by atoms with van der Waals surface area (Å²) in [5.41, 5.74) is 2.09. The normalized spacial score (nSPS) is 11.9. The molecule has 36 heavy (non-hydrogen) atoms. The van der Waals surface area contributed by atoms with E-state index in [1.165, 1.54) is 41.3 Å². The Morgan fingerprint density at radius 1 is 0.889 bits per heavy atom. The number of non-ortho nitro benzene ring substituents is 1. The lowest BCUT2D eigenvalue weighted by Crippen LogP contribution is -2.46. The molecular weight excluding hydrogens is 482 g/mol. The summed E-state index contributed by atoms with van der Waals surface area (Å²) in [6.45, 7) is 4.20. The van der Waals surface area contributed by atoms with Crippen LogP contribution in [0, 0.1) is 16.0 Å². The molecule has 0 fully saturated rings. The summed E-state index contributed by atoms with van der Waals surface area (Å²) in [5, 5.41) is 10.9. The van der Waals surface area contributed by atoms with E-state index in [1.54, 1.807) is 26.0 Å². The number of amides is 2. The van der Waals surface area contributed by atoms with Gasteiger partial charge in [0, 0.05) is 25.2 Å². The molecule has 188 valence electrons. The molecule has 2 amide bonds. The predicted octanol–water partition coefficient (Wildman–Crippen LogP) is 3.79. The molecule has 0 aliphatic carbocycles. The molecule has 0 aromatic heterocycles. The summed E-state index contributed by atoms with van der Waals surface area (Å²) in [4.78, 5) is 37.9. The summed E-state index contributed by atoms with van der Waals surface area (Å²) in [7, 11) is -4.25. The fraction of sp³-hybridized carbons (Fsp3) is 0.231. The van der Waals surface area contributed by atoms with Crippen molar-refractivity contribution in [2.45, 2.75) is 25.2 Å². The van der Waals surface area contributed by atoms with Crippen molar-refractivity contribution < 1.29 is 22.9 Å². The zero-order chi connectivity index (χ0) is 26.3. The van der Waals surface area contributed by atoms with Gasteiger partial charge in [0.05, 0.1) is 9.82 Å². The summed E-state index contributed by atoms with van der Waals surface area (Å²) in [6, 6.07) is 20.9. The van der Waals surface area contributed by atoms with E-state index in [2.05, 4.69) is 0 Å². The molecule has 10 heteroatoms. The lowest BCUT2D eigenvalue weighted by Gasteiger charge is -2.24. The number of carbonyl (C=O) groups is 2. The molecule has 0 saturated carbocycles. The Morgan fingerprint density at radius 3 is 1.97 bits per heavy atom. The van der Waals surface area contributed by atoms with Crippen LogP contribution in [0.2, 0.25) is 0 Å². The molecule has 0 aliphatic rings. The van der Waals surface area contributed by atoms with Gasteiger partial charge in [-0.25, -0.2) is 13.1 Å². The van der Waals surface area contributed by atoms with Gasteiger partial charge in [0.2, 0.25) is 11.8 Å². The molecule has 9 nitrogen and oxygen atoms in total. The minimum atomic E-state index is -4.25. The molecule has 1 unspecified atom stereocenters. The first-order chi connectivity index (χ1) is 17.2. The number of hydrogen-bond donors (Lipinski definition) is 1. The Balaban J connectivity index is 1.84. The molecule has 1 atom stereocenters. The first-order valence-electron chi connectivity index (χ1n) is 11.4. The largest absolute Gasteiger partial charge is 0.343 e. The van der Waals surface area contributed by atoms with Crippen molar-refractivity contribution in [3.63, 3.8) is 0 Å². The first kappa shape index (κ1) is 26.6. The van der Waals surface area contributed by atoms with Gasteiger partial charge >= 0.3 is 0 Å². The molecule has 1 N–H and O–H groups in total. The molecule has 3 aromatic carbocycles. The van der Waals surface area contributed by atoms with Crippen molar-refractivity contribution in [2.24, 2.45) is 5.92 Å². The summed E-state index contributed by atoms with van der Waals surface area (Å²) >= 11 is 0. The van der Waals surface area contributed by atoms with E-state index < -0.39 is 32.7 Å². The number of benzene rings is 3. The number of nitro groups is 1. The summed E-state index contributed by atoms with van der Waals surface area (Å²) < 4.78 is 28.0. The standard InChI is InChI=1S/C26H27N3O6S/c1-3-28(4-2)26(31)24(18-19-10-14-22(15-11-19)29(32)33)25(30)27-36(34,35)23-16-12-21(13-17-23)20-8-6-5-7-9-20/h5-17,24H,3-4,18H2,1-2H3,(H,27,30). The van der Waals surface area contributed by atoms with E-state index in [-0.39, 0.29) is 17.0 Å². The van der Waals surface area contributed by atoms with Crippen molar-refractivity contribution in [3.05, 3.63) is 94.5 Å². The van der Waals surface area contributed by atoms with Gasteiger partial charge in [-0.05, 0) is 49.1 Å². The maximum Gasteiger partial charge on any atom is 0.269 e. The molecular formula is C26H27N3O6S. The van der Waals surface area contributed by atoms with Crippen LogP contribution in [-0.2, 0) is 26.0 Å². The molecule has 0 spiro atoms. The third-order valence-corrected chi connectivity index (χ3v) is 7.15. The highest BCUT2D eigenvalue weighted by molar-refractivity contribution is 7.90. The molecule has 0 radical (unpaired) electrons. The highest BCUT2D eigenvalue weighted by Crippen LogP contribution is 2.22. The zero-order valence-corrected chi connectivity index (χ0v) is 20.8. The minimum Gasteiger partial charge on any atom is -0.343 e. The Bertz CT molecular complexity index is 1320. The van der Waals surface area contributed by atoms with Crippen LogP contribution in [0.5, 0.6) is 0 Å². The average Bonchev–Trinajstić information content (AvgIpc) is 2.88. The quantitative estimate of drug-likeness (QED) is 0.252. The van der Waals surface area contributed by atoms with Gasteiger partial charge in [-0.15, -0.1) is 0 Å². The van der Waals surface area contributed by atoms with Crippen molar-refractivity contribution in [3.8, 4) is 11.1 Å². The van der Waals surface area contributed by atoms with Crippen LogP contribution in [-0.4, -0.2) is 43.1 Å². The van der Waals surface area contributed by atoms with Crippen LogP contribution >= 0.6 is 0 Å². The summed E-state index contributed by atoms with van der Waals surface area (Å²) in [5.74, 6) is -2.81. The fourth-order valence-electron chi connectivity index (χ4n) is 3.76. The SMILES string of the molecule is CCN(CC)C(=O)C(Cc1ccc([N+](=O)[O-])cc1)C(=O)NS(=O)(=O)c1ccc(-c2ccccc2)cc1. The second kappa shape index (κ2) is 11.6. The van der Waals surface area contributed by atoms with Crippen LogP contribution in [0.3, 0.4) is 0 Å². The van der Waals surface area contributed by atoms with E-state index >= 15 is 0 Å². The van der Waals surface area contributed by atoms with Gasteiger partial charge < -0.3 is 4.90 Å². The van der Waals surface area contributed by atoms with E-state index in [9.17, 15) is 28.1 Å². The fourth-order valence-corrected chi connectivity index (χ4v) is 4.78. The highest BCUT2D eigenvalue weighted by atomic mass is 32.2. The Morgan fingerprint density at radius 2 is 1.44 bits per heavy atom. The predicted molar refractivity (Wildman–Crippen MR) is 135 cm³/mol. The first-order valence-corrected chi connectivity index (χ1v) is 12.9. The number of sulfonamides is 1. The topological polar surface area (TPSA) is 127 Å². The zero-order valence-electron chi connectivity index (χ0n) is 20.0. The van der Waals surface area contributed by atoms with Crippen molar-refractivity contribution in [1.29, 1.82) is 0 Å². The third-order valence-electron chi connectivity index (χ3n) is 5.78. The molecule has 0 saturated heterocycles. The Labute approximate surface area is 210 Å². The summed E-state index contributed by atoms with van der Waals surface area (Å²) in [6.07, 6.45) is -0.109. The maximum absolute atomic E-state index is 13.1. The molecule has 0 heterocycles. The van der Waals surface area contributed by atoms with E-state index in [0.717, 1.165) is 11.1 Å². The number of nitrogens with one attached hydrogen (secondary N) is 1. The smallest absolute Gasteiger partial charge is 0.269 e. The van der Waals surface area contributed by atoms with E-state index in [4.69, 9.17) is 0 Å². The van der Waals surface area contributed by atoms with Crippen molar-refractivity contribution in [2.75, 3.05) is 13.1 Å². The highest BCUT2D eigenvalue weighted by Gasteiger charge is 2.33. The number of hydrogen-bond acceptors (Lipinski definition) is 6. The van der Waals surface area contributed by atoms with Crippen LogP contribution in [0.25, 0.3) is 11.1 Å². The van der Waals surface area contributed by atoms with Crippen LogP contribution in [0.4, 0.5) is 5.69 Å². The second-order valence-corrected chi connectivity index (χ2v) is 9.73. The van der Waals surface area contributed by atoms with Gasteiger partial charge in [0.15, 0.2) is 0 Å². The second-order valence-electron chi connectivity index (χ2n) is 8.05. The Kier molecular flexibility index (Phi) is 8.55. The van der Waals surface area contributed by atoms with Gasteiger partial charge in [-0.2, -0.15) is 0 Å². The average molecular weight is 510 g/mol. The Hall–Kier alpha value is -4.05. The molecule has 3 aromatic rings. The van der Waals surface area contributed by atoms with Crippen LogP contribution in [0.1, 0.15) is 19.4 Å². The number of carbonyl (C=O) groups excluding carboxylic acids is 2. The van der Waals surface area contributed by atoms with Crippen molar-refractivity contribution >= 4 is 27.5 Å². The van der Waals surface area contributed by atoms with Crippen LogP contribution in [0.15, 0.2) is 83.8 Å². The lowest BCUT2D eigenvalue weighted by atomic mass is 9.97. The van der Waals surface area contributed by atoms with Gasteiger partial charge in [0.25, 0.3) is 15.7 Å². The van der Waals surface area contributed by atoms with Crippen LogP contribution < -0.4 is 4.72 Å². The number of rotatable bonds is 10. The van der Waals surface area contributed by atoms with Gasteiger partial charge in [-0.3, -0.25) is 19.7 Å². The third kappa shape index (κ3) is 6.33. The van der Waals surface area contributed by atoms with Gasteiger partial charge in [-0.1, -0.05) is 54.6 Å². The van der Waals surface area contributed by atoms with E-state index in [0.29, 0.717) is 18.7 Å². The molecule has 0 aliphatic heterocycles. The number of nitro benzene ring substituents is 1. The van der Waals surface area contributed by atoms with Crippen molar-refractivity contribution in [1.82, 2.24) is 9.62 Å². The minimum absolute atomic E-state index is 0.109. The molecule has 3 rings (SSSR count). The monoisotopic (exact) mass is 509 g/mol. The number of nitrogens with zero attached hydrogens (tertiary/aromatic N) is 2.